The molecular weight excluding hydrogens is 159 g/mol. The first-order chi connectivity index (χ1) is 5.68. The molecule has 3 nitrogen and oxygen atoms in total. The van der Waals surface area contributed by atoms with Crippen molar-refractivity contribution in [1.82, 2.24) is 4.90 Å². The Balaban J connectivity index is 2.13. The van der Waals surface area contributed by atoms with Crippen LogP contribution in [0.5, 0.6) is 0 Å². The van der Waals surface area contributed by atoms with Crippen LogP contribution in [0.2, 0.25) is 0 Å². The standard InChI is InChI=1S/C8H15FN2O/c9-7-1-4-11(5-2-7)6-3-8(10)12/h7H,1-6H2,(H2,10,12). The monoisotopic (exact) mass is 174 g/mol. The van der Waals surface area contributed by atoms with Crippen molar-refractivity contribution >= 4 is 5.91 Å². The Morgan fingerprint density at radius 1 is 1.50 bits per heavy atom. The summed E-state index contributed by atoms with van der Waals surface area (Å²) in [6.07, 6.45) is 0.934. The maximum Gasteiger partial charge on any atom is 0.218 e. The predicted octanol–water partition coefficient (Wildman–Crippen LogP) is 0.296. The smallest absolute Gasteiger partial charge is 0.218 e. The zero-order chi connectivity index (χ0) is 8.97. The number of nitrogens with zero attached hydrogens (tertiary/aromatic N) is 1. The van der Waals surface area contributed by atoms with Gasteiger partial charge in [-0.1, -0.05) is 0 Å². The van der Waals surface area contributed by atoms with E-state index >= 15 is 0 Å². The van der Waals surface area contributed by atoms with Gasteiger partial charge in [0.2, 0.25) is 5.91 Å². The number of hydrogen-bond acceptors (Lipinski definition) is 2. The van der Waals surface area contributed by atoms with E-state index in [4.69, 9.17) is 5.73 Å². The Hall–Kier alpha value is -0.640. The number of carbonyl (C=O) groups excluding carboxylic acids is 1. The fourth-order valence-corrected chi connectivity index (χ4v) is 1.39. The van der Waals surface area contributed by atoms with Crippen LogP contribution in [0.4, 0.5) is 4.39 Å². The van der Waals surface area contributed by atoms with Gasteiger partial charge in [0.25, 0.3) is 0 Å². The maximum absolute atomic E-state index is 12.6. The van der Waals surface area contributed by atoms with Crippen molar-refractivity contribution < 1.29 is 9.18 Å². The van der Waals surface area contributed by atoms with E-state index in [0.717, 1.165) is 13.1 Å². The molecule has 1 fully saturated rings. The van der Waals surface area contributed by atoms with E-state index in [1.165, 1.54) is 0 Å². The van der Waals surface area contributed by atoms with Crippen molar-refractivity contribution in [2.45, 2.75) is 25.4 Å². The normalized spacial score (nSPS) is 21.1. The molecule has 0 bridgehead atoms. The minimum atomic E-state index is -0.644. The highest BCUT2D eigenvalue weighted by atomic mass is 19.1. The van der Waals surface area contributed by atoms with Crippen LogP contribution in [-0.2, 0) is 4.79 Å². The van der Waals surface area contributed by atoms with Crippen LogP contribution in [0.3, 0.4) is 0 Å². The van der Waals surface area contributed by atoms with Crippen molar-refractivity contribution in [3.8, 4) is 0 Å². The van der Waals surface area contributed by atoms with Crippen LogP contribution in [0.15, 0.2) is 0 Å². The lowest BCUT2D eigenvalue weighted by molar-refractivity contribution is -0.118. The van der Waals surface area contributed by atoms with E-state index in [1.54, 1.807) is 0 Å². The number of hydrogen-bond donors (Lipinski definition) is 1. The summed E-state index contributed by atoms with van der Waals surface area (Å²) in [6, 6.07) is 0. The molecule has 12 heavy (non-hydrogen) atoms. The Labute approximate surface area is 71.7 Å². The molecule has 0 radical (unpaired) electrons. The predicted molar refractivity (Wildman–Crippen MR) is 44.4 cm³/mol. The lowest BCUT2D eigenvalue weighted by Crippen LogP contribution is -2.36. The summed E-state index contributed by atoms with van der Waals surface area (Å²) in [7, 11) is 0. The molecule has 0 saturated carbocycles. The Kier molecular flexibility index (Phi) is 3.47. The molecule has 0 unspecified atom stereocenters. The van der Waals surface area contributed by atoms with Crippen LogP contribution in [0, 0.1) is 0 Å². The summed E-state index contributed by atoms with van der Waals surface area (Å²) in [5.74, 6) is -0.280. The minimum absolute atomic E-state index is 0.280. The molecule has 1 aliphatic heterocycles. The van der Waals surface area contributed by atoms with Gasteiger partial charge in [0.15, 0.2) is 0 Å². The molecule has 70 valence electrons. The number of likely N-dealkylation sites (tertiary alicyclic amines) is 1. The Morgan fingerprint density at radius 3 is 2.58 bits per heavy atom. The Morgan fingerprint density at radius 2 is 2.08 bits per heavy atom. The number of amides is 1. The molecule has 4 heteroatoms. The molecule has 1 aliphatic rings. The lowest BCUT2D eigenvalue weighted by atomic mass is 10.1. The number of piperidine rings is 1. The first-order valence-electron chi connectivity index (χ1n) is 4.33. The summed E-state index contributed by atoms with van der Waals surface area (Å²) < 4.78 is 12.6. The van der Waals surface area contributed by atoms with Crippen molar-refractivity contribution in [2.75, 3.05) is 19.6 Å². The van der Waals surface area contributed by atoms with Crippen LogP contribution in [-0.4, -0.2) is 36.6 Å². The minimum Gasteiger partial charge on any atom is -0.370 e. The molecular formula is C8H15FN2O. The Bertz CT molecular complexity index is 155. The number of halogens is 1. The molecule has 0 aromatic rings. The largest absolute Gasteiger partial charge is 0.370 e. The van der Waals surface area contributed by atoms with Crippen LogP contribution in [0.1, 0.15) is 19.3 Å². The number of alkyl halides is 1. The topological polar surface area (TPSA) is 46.3 Å². The summed E-state index contributed by atoms with van der Waals surface area (Å²) in [5.41, 5.74) is 5.00. The van der Waals surface area contributed by atoms with Gasteiger partial charge in [-0.3, -0.25) is 4.79 Å². The summed E-state index contributed by atoms with van der Waals surface area (Å²) in [5, 5.41) is 0. The van der Waals surface area contributed by atoms with Crippen molar-refractivity contribution in [2.24, 2.45) is 5.73 Å². The third-order valence-electron chi connectivity index (χ3n) is 2.19. The van der Waals surface area contributed by atoms with Crippen molar-refractivity contribution in [3.05, 3.63) is 0 Å². The van der Waals surface area contributed by atoms with E-state index in [-0.39, 0.29) is 5.91 Å². The zero-order valence-corrected chi connectivity index (χ0v) is 7.13. The third-order valence-corrected chi connectivity index (χ3v) is 2.19. The van der Waals surface area contributed by atoms with E-state index in [1.807, 2.05) is 0 Å². The highest BCUT2D eigenvalue weighted by Gasteiger charge is 2.17. The highest BCUT2D eigenvalue weighted by Crippen LogP contribution is 2.12. The number of nitrogens with two attached hydrogens (primary N) is 1. The summed E-state index contributed by atoms with van der Waals surface area (Å²) in [4.78, 5) is 12.5. The maximum atomic E-state index is 12.6. The molecule has 1 rings (SSSR count). The van der Waals surface area contributed by atoms with Crippen molar-refractivity contribution in [3.63, 3.8) is 0 Å². The molecule has 0 aromatic carbocycles. The highest BCUT2D eigenvalue weighted by molar-refractivity contribution is 5.73. The first-order valence-corrected chi connectivity index (χ1v) is 4.33. The SMILES string of the molecule is NC(=O)CCN1CCC(F)CC1. The van der Waals surface area contributed by atoms with Crippen LogP contribution in [0.25, 0.3) is 0 Å². The van der Waals surface area contributed by atoms with E-state index in [0.29, 0.717) is 25.8 Å². The fraction of sp³-hybridized carbons (Fsp3) is 0.875. The fourth-order valence-electron chi connectivity index (χ4n) is 1.39. The molecule has 1 heterocycles. The van der Waals surface area contributed by atoms with Gasteiger partial charge in [-0.15, -0.1) is 0 Å². The van der Waals surface area contributed by atoms with Gasteiger partial charge < -0.3 is 10.6 Å². The molecule has 0 aliphatic carbocycles. The van der Waals surface area contributed by atoms with Gasteiger partial charge in [-0.2, -0.15) is 0 Å². The van der Waals surface area contributed by atoms with Crippen LogP contribution < -0.4 is 5.73 Å². The van der Waals surface area contributed by atoms with Gasteiger partial charge in [0.05, 0.1) is 0 Å². The van der Waals surface area contributed by atoms with E-state index < -0.39 is 6.17 Å². The summed E-state index contributed by atoms with van der Waals surface area (Å²) in [6.45, 7) is 2.20. The second-order valence-corrected chi connectivity index (χ2v) is 3.23. The van der Waals surface area contributed by atoms with Crippen LogP contribution >= 0.6 is 0 Å². The van der Waals surface area contributed by atoms with E-state index in [9.17, 15) is 9.18 Å². The van der Waals surface area contributed by atoms with Gasteiger partial charge in [0, 0.05) is 26.1 Å². The molecule has 0 spiro atoms. The molecule has 0 atom stereocenters. The van der Waals surface area contributed by atoms with E-state index in [2.05, 4.69) is 4.90 Å². The van der Waals surface area contributed by atoms with Gasteiger partial charge >= 0.3 is 0 Å². The lowest BCUT2D eigenvalue weighted by Gasteiger charge is -2.27. The molecule has 1 saturated heterocycles. The second kappa shape index (κ2) is 4.40. The zero-order valence-electron chi connectivity index (χ0n) is 7.13. The summed E-state index contributed by atoms with van der Waals surface area (Å²) >= 11 is 0. The van der Waals surface area contributed by atoms with Gasteiger partial charge in [-0.25, -0.2) is 4.39 Å². The number of carbonyl (C=O) groups is 1. The second-order valence-electron chi connectivity index (χ2n) is 3.23. The quantitative estimate of drug-likeness (QED) is 0.668. The number of primary amides is 1. The molecule has 2 N–H and O–H groups in total. The van der Waals surface area contributed by atoms with Gasteiger partial charge in [0.1, 0.15) is 6.17 Å². The van der Waals surface area contributed by atoms with Crippen molar-refractivity contribution in [1.29, 1.82) is 0 Å². The molecule has 0 aromatic heterocycles. The molecule has 1 amide bonds. The van der Waals surface area contributed by atoms with Gasteiger partial charge in [-0.05, 0) is 12.8 Å². The number of rotatable bonds is 3. The first kappa shape index (κ1) is 9.45. The average molecular weight is 174 g/mol. The average Bonchev–Trinajstić information content (AvgIpc) is 2.03. The third kappa shape index (κ3) is 3.17.